The summed E-state index contributed by atoms with van der Waals surface area (Å²) >= 11 is 3.46. The Morgan fingerprint density at radius 2 is 2.29 bits per heavy atom. The number of rotatable bonds is 3. The summed E-state index contributed by atoms with van der Waals surface area (Å²) in [6.07, 6.45) is 5.42. The molecule has 2 aliphatic heterocycles. The van der Waals surface area contributed by atoms with E-state index in [1.54, 1.807) is 0 Å². The molecule has 14 heavy (non-hydrogen) atoms. The minimum absolute atomic E-state index is 0.740. The first-order chi connectivity index (χ1) is 6.77. The molecule has 1 N–H and O–H groups in total. The van der Waals surface area contributed by atoms with Crippen molar-refractivity contribution in [1.82, 2.24) is 10.2 Å². The van der Waals surface area contributed by atoms with Gasteiger partial charge in [0.1, 0.15) is 0 Å². The van der Waals surface area contributed by atoms with Gasteiger partial charge in [0.15, 0.2) is 0 Å². The van der Waals surface area contributed by atoms with E-state index in [9.17, 15) is 0 Å². The topological polar surface area (TPSA) is 15.3 Å². The Kier molecular flexibility index (Phi) is 3.63. The van der Waals surface area contributed by atoms with Gasteiger partial charge in [0.2, 0.25) is 0 Å². The summed E-state index contributed by atoms with van der Waals surface area (Å²) < 4.78 is 1.11. The molecule has 2 nitrogen and oxygen atoms in total. The van der Waals surface area contributed by atoms with Crippen molar-refractivity contribution in [3.05, 3.63) is 11.1 Å². The summed E-state index contributed by atoms with van der Waals surface area (Å²) in [6, 6.07) is 1.50. The molecule has 80 valence electrons. The Balaban J connectivity index is 1.92. The van der Waals surface area contributed by atoms with Gasteiger partial charge in [-0.15, -0.1) is 0 Å². The number of nitrogens with one attached hydrogen (secondary N) is 1. The van der Waals surface area contributed by atoms with E-state index in [4.69, 9.17) is 0 Å². The second-order valence-electron chi connectivity index (χ2n) is 4.40. The van der Waals surface area contributed by atoms with E-state index < -0.39 is 0 Å². The maximum absolute atomic E-state index is 3.93. The molecule has 0 spiro atoms. The van der Waals surface area contributed by atoms with Crippen molar-refractivity contribution in [2.75, 3.05) is 19.6 Å². The van der Waals surface area contributed by atoms with Crippen LogP contribution >= 0.6 is 15.9 Å². The summed E-state index contributed by atoms with van der Waals surface area (Å²) in [7, 11) is 0. The molecule has 0 radical (unpaired) electrons. The van der Waals surface area contributed by atoms with Gasteiger partial charge in [0.25, 0.3) is 0 Å². The van der Waals surface area contributed by atoms with Crippen LogP contribution in [-0.4, -0.2) is 36.6 Å². The second kappa shape index (κ2) is 4.77. The van der Waals surface area contributed by atoms with Gasteiger partial charge in [-0.05, 0) is 38.8 Å². The molecule has 2 heterocycles. The smallest absolute Gasteiger partial charge is 0.0297 e. The Labute approximate surface area is 94.9 Å². The van der Waals surface area contributed by atoms with E-state index in [0.29, 0.717) is 0 Å². The zero-order chi connectivity index (χ0) is 9.97. The molecular formula is C11H19BrN2. The zero-order valence-electron chi connectivity index (χ0n) is 8.64. The van der Waals surface area contributed by atoms with E-state index in [1.807, 2.05) is 0 Å². The van der Waals surface area contributed by atoms with Gasteiger partial charge in [-0.1, -0.05) is 22.5 Å². The third-order valence-corrected chi connectivity index (χ3v) is 3.60. The van der Waals surface area contributed by atoms with E-state index in [0.717, 1.165) is 23.1 Å². The average molecular weight is 259 g/mol. The second-order valence-corrected chi connectivity index (χ2v) is 5.52. The van der Waals surface area contributed by atoms with E-state index in [1.165, 1.54) is 38.8 Å². The monoisotopic (exact) mass is 258 g/mol. The molecule has 3 heteroatoms. The van der Waals surface area contributed by atoms with Crippen LogP contribution in [0.25, 0.3) is 0 Å². The van der Waals surface area contributed by atoms with Gasteiger partial charge in [-0.2, -0.15) is 0 Å². The highest BCUT2D eigenvalue weighted by molar-refractivity contribution is 9.11. The van der Waals surface area contributed by atoms with Gasteiger partial charge in [-0.25, -0.2) is 0 Å². The SMILES string of the molecule is C=C(Br)CN1CCCC1C1CCCN1. The van der Waals surface area contributed by atoms with Crippen LogP contribution in [0.1, 0.15) is 25.7 Å². The largest absolute Gasteiger partial charge is 0.312 e. The third-order valence-electron chi connectivity index (χ3n) is 3.35. The molecule has 2 fully saturated rings. The maximum atomic E-state index is 3.93. The fourth-order valence-electron chi connectivity index (χ4n) is 2.76. The molecule has 0 aromatic heterocycles. The molecule has 0 saturated carbocycles. The Morgan fingerprint density at radius 1 is 1.43 bits per heavy atom. The van der Waals surface area contributed by atoms with Crippen LogP contribution in [0.4, 0.5) is 0 Å². The molecular weight excluding hydrogens is 240 g/mol. The predicted molar refractivity (Wildman–Crippen MR) is 63.7 cm³/mol. The molecule has 2 unspecified atom stereocenters. The van der Waals surface area contributed by atoms with Crippen molar-refractivity contribution in [2.24, 2.45) is 0 Å². The summed E-state index contributed by atoms with van der Waals surface area (Å²) in [4.78, 5) is 2.57. The van der Waals surface area contributed by atoms with Crippen molar-refractivity contribution in [3.8, 4) is 0 Å². The molecule has 0 aliphatic carbocycles. The van der Waals surface area contributed by atoms with E-state index in [-0.39, 0.29) is 0 Å². The van der Waals surface area contributed by atoms with Gasteiger partial charge in [-0.3, -0.25) is 4.90 Å². The van der Waals surface area contributed by atoms with Gasteiger partial charge in [0, 0.05) is 23.1 Å². The van der Waals surface area contributed by atoms with Gasteiger partial charge in [0.05, 0.1) is 0 Å². The lowest BCUT2D eigenvalue weighted by Crippen LogP contribution is -2.44. The average Bonchev–Trinajstić information content (AvgIpc) is 2.70. The third kappa shape index (κ3) is 2.38. The van der Waals surface area contributed by atoms with Crippen LogP contribution in [0.3, 0.4) is 0 Å². The summed E-state index contributed by atoms with van der Waals surface area (Å²) in [5.41, 5.74) is 0. The quantitative estimate of drug-likeness (QED) is 0.835. The first kappa shape index (κ1) is 10.7. The van der Waals surface area contributed by atoms with Crippen LogP contribution in [0.5, 0.6) is 0 Å². The Hall–Kier alpha value is 0.140. The van der Waals surface area contributed by atoms with Crippen molar-refractivity contribution >= 4 is 15.9 Å². The summed E-state index contributed by atoms with van der Waals surface area (Å²) in [5.74, 6) is 0. The minimum atomic E-state index is 0.740. The molecule has 2 rings (SSSR count). The molecule has 2 saturated heterocycles. The first-order valence-corrected chi connectivity index (χ1v) is 6.37. The summed E-state index contributed by atoms with van der Waals surface area (Å²) in [6.45, 7) is 7.41. The fourth-order valence-corrected chi connectivity index (χ4v) is 3.09. The Bertz CT molecular complexity index is 211. The standard InChI is InChI=1S/C11H19BrN2/c1-9(12)8-14-7-3-5-11(14)10-4-2-6-13-10/h10-11,13H,1-8H2. The van der Waals surface area contributed by atoms with Crippen molar-refractivity contribution < 1.29 is 0 Å². The Morgan fingerprint density at radius 3 is 2.93 bits per heavy atom. The molecule has 2 aliphatic rings. The first-order valence-electron chi connectivity index (χ1n) is 5.58. The lowest BCUT2D eigenvalue weighted by atomic mass is 10.0. The van der Waals surface area contributed by atoms with Crippen molar-refractivity contribution in [2.45, 2.75) is 37.8 Å². The normalized spacial score (nSPS) is 33.8. The summed E-state index contributed by atoms with van der Waals surface area (Å²) in [5, 5.41) is 3.62. The van der Waals surface area contributed by atoms with Gasteiger partial charge < -0.3 is 5.32 Å². The highest BCUT2D eigenvalue weighted by atomic mass is 79.9. The number of likely N-dealkylation sites (tertiary alicyclic amines) is 1. The molecule has 0 aromatic rings. The highest BCUT2D eigenvalue weighted by Crippen LogP contribution is 2.25. The molecule has 0 bridgehead atoms. The predicted octanol–water partition coefficient (Wildman–Crippen LogP) is 2.11. The van der Waals surface area contributed by atoms with E-state index in [2.05, 4.69) is 32.7 Å². The molecule has 0 amide bonds. The lowest BCUT2D eigenvalue weighted by molar-refractivity contribution is 0.234. The highest BCUT2D eigenvalue weighted by Gasteiger charge is 2.32. The van der Waals surface area contributed by atoms with E-state index >= 15 is 0 Å². The lowest BCUT2D eigenvalue weighted by Gasteiger charge is -2.29. The van der Waals surface area contributed by atoms with Crippen molar-refractivity contribution in [3.63, 3.8) is 0 Å². The molecule has 2 atom stereocenters. The van der Waals surface area contributed by atoms with Crippen LogP contribution < -0.4 is 5.32 Å². The minimum Gasteiger partial charge on any atom is -0.312 e. The number of halogens is 1. The molecule has 0 aromatic carbocycles. The number of nitrogens with zero attached hydrogens (tertiary/aromatic N) is 1. The zero-order valence-corrected chi connectivity index (χ0v) is 10.2. The fraction of sp³-hybridized carbons (Fsp3) is 0.818. The van der Waals surface area contributed by atoms with Crippen LogP contribution in [-0.2, 0) is 0 Å². The van der Waals surface area contributed by atoms with Crippen LogP contribution in [0.2, 0.25) is 0 Å². The number of hydrogen-bond acceptors (Lipinski definition) is 2. The van der Waals surface area contributed by atoms with Gasteiger partial charge >= 0.3 is 0 Å². The maximum Gasteiger partial charge on any atom is 0.0297 e. The van der Waals surface area contributed by atoms with Crippen LogP contribution in [0.15, 0.2) is 11.1 Å². The number of hydrogen-bond donors (Lipinski definition) is 1. The van der Waals surface area contributed by atoms with Crippen LogP contribution in [0, 0.1) is 0 Å². The van der Waals surface area contributed by atoms with Crippen molar-refractivity contribution in [1.29, 1.82) is 0 Å².